The molecule has 0 aromatic carbocycles. The number of hydrogen-bond acceptors (Lipinski definition) is 3. The summed E-state index contributed by atoms with van der Waals surface area (Å²) in [4.78, 5) is 25.6. The highest BCUT2D eigenvalue weighted by atomic mass is 16.3. The minimum Gasteiger partial charge on any atom is -0.466 e. The van der Waals surface area contributed by atoms with E-state index in [0.29, 0.717) is 37.4 Å². The fourth-order valence-corrected chi connectivity index (χ4v) is 2.01. The van der Waals surface area contributed by atoms with E-state index in [4.69, 9.17) is 4.42 Å². The van der Waals surface area contributed by atoms with Crippen molar-refractivity contribution in [2.75, 3.05) is 19.6 Å². The summed E-state index contributed by atoms with van der Waals surface area (Å²) in [5, 5.41) is 2.81. The van der Waals surface area contributed by atoms with E-state index in [1.54, 1.807) is 17.9 Å². The Morgan fingerprint density at radius 3 is 2.50 bits per heavy atom. The Hall–Kier alpha value is -1.78. The molecule has 0 aliphatic rings. The molecule has 1 aromatic heterocycles. The first-order valence-electron chi connectivity index (χ1n) is 7.12. The van der Waals surface area contributed by atoms with E-state index in [-0.39, 0.29) is 11.8 Å². The maximum absolute atomic E-state index is 12.4. The lowest BCUT2D eigenvalue weighted by molar-refractivity contribution is -0.121. The van der Waals surface area contributed by atoms with Gasteiger partial charge in [-0.2, -0.15) is 0 Å². The average Bonchev–Trinajstić information content (AvgIpc) is 2.75. The molecule has 0 saturated heterocycles. The molecule has 0 aliphatic carbocycles. The summed E-state index contributed by atoms with van der Waals surface area (Å²) < 4.78 is 5.38. The van der Waals surface area contributed by atoms with E-state index in [0.717, 1.165) is 12.2 Å². The zero-order chi connectivity index (χ0) is 15.1. The third-order valence-electron chi connectivity index (χ3n) is 3.12. The normalized spacial score (nSPS) is 10.4. The SMILES string of the molecule is CCCNC(=O)CCN(CC)C(=O)c1cc(C)oc1C. The maximum atomic E-state index is 12.4. The number of aryl methyl sites for hydroxylation is 2. The zero-order valence-electron chi connectivity index (χ0n) is 12.8. The molecule has 0 spiro atoms. The Balaban J connectivity index is 2.60. The lowest BCUT2D eigenvalue weighted by atomic mass is 10.2. The van der Waals surface area contributed by atoms with Gasteiger partial charge in [0.1, 0.15) is 11.5 Å². The van der Waals surface area contributed by atoms with Crippen LogP contribution < -0.4 is 5.32 Å². The number of furan rings is 1. The van der Waals surface area contributed by atoms with Crippen molar-refractivity contribution >= 4 is 11.8 Å². The molecule has 112 valence electrons. The Kier molecular flexibility index (Phi) is 6.28. The number of hydrogen-bond donors (Lipinski definition) is 1. The second-order valence-electron chi connectivity index (χ2n) is 4.81. The zero-order valence-corrected chi connectivity index (χ0v) is 12.8. The predicted octanol–water partition coefficient (Wildman–Crippen LogP) is 2.27. The van der Waals surface area contributed by atoms with Crippen LogP contribution in [0.15, 0.2) is 10.5 Å². The molecular weight excluding hydrogens is 256 g/mol. The van der Waals surface area contributed by atoms with Crippen molar-refractivity contribution < 1.29 is 14.0 Å². The van der Waals surface area contributed by atoms with Crippen LogP contribution in [0.2, 0.25) is 0 Å². The van der Waals surface area contributed by atoms with Gasteiger partial charge in [-0.15, -0.1) is 0 Å². The molecule has 0 radical (unpaired) electrons. The van der Waals surface area contributed by atoms with Gasteiger partial charge < -0.3 is 14.6 Å². The third-order valence-corrected chi connectivity index (χ3v) is 3.12. The molecular formula is C15H24N2O3. The molecule has 1 heterocycles. The molecule has 0 aliphatic heterocycles. The Labute approximate surface area is 120 Å². The first kappa shape index (κ1) is 16.3. The molecule has 0 bridgehead atoms. The third kappa shape index (κ3) is 4.40. The summed E-state index contributed by atoms with van der Waals surface area (Å²) in [6, 6.07) is 1.75. The lowest BCUT2D eigenvalue weighted by Crippen LogP contribution is -2.35. The number of amides is 2. The molecule has 1 rings (SSSR count). The van der Waals surface area contributed by atoms with E-state index < -0.39 is 0 Å². The molecule has 1 aromatic rings. The summed E-state index contributed by atoms with van der Waals surface area (Å²) in [7, 11) is 0. The fraction of sp³-hybridized carbons (Fsp3) is 0.600. The van der Waals surface area contributed by atoms with Gasteiger partial charge in [0.05, 0.1) is 5.56 Å². The van der Waals surface area contributed by atoms with Crippen LogP contribution in [0.25, 0.3) is 0 Å². The van der Waals surface area contributed by atoms with E-state index >= 15 is 0 Å². The molecule has 0 atom stereocenters. The van der Waals surface area contributed by atoms with Crippen LogP contribution in [0.5, 0.6) is 0 Å². The number of rotatable bonds is 7. The van der Waals surface area contributed by atoms with Gasteiger partial charge in [0.2, 0.25) is 5.91 Å². The summed E-state index contributed by atoms with van der Waals surface area (Å²) in [5.41, 5.74) is 0.582. The quantitative estimate of drug-likeness (QED) is 0.833. The first-order valence-corrected chi connectivity index (χ1v) is 7.12. The Bertz CT molecular complexity index is 466. The molecule has 0 unspecified atom stereocenters. The highest BCUT2D eigenvalue weighted by Gasteiger charge is 2.19. The minimum absolute atomic E-state index is 0.0156. The van der Waals surface area contributed by atoms with E-state index in [1.807, 2.05) is 20.8 Å². The summed E-state index contributed by atoms with van der Waals surface area (Å²) in [6.07, 6.45) is 1.24. The van der Waals surface area contributed by atoms with Crippen molar-refractivity contribution in [1.29, 1.82) is 0 Å². The highest BCUT2D eigenvalue weighted by Crippen LogP contribution is 2.16. The molecule has 20 heavy (non-hydrogen) atoms. The second kappa shape index (κ2) is 7.72. The van der Waals surface area contributed by atoms with Crippen molar-refractivity contribution in [2.45, 2.75) is 40.5 Å². The van der Waals surface area contributed by atoms with Gasteiger partial charge in [0, 0.05) is 26.1 Å². The van der Waals surface area contributed by atoms with Gasteiger partial charge in [-0.25, -0.2) is 0 Å². The fourth-order valence-electron chi connectivity index (χ4n) is 2.01. The Morgan fingerprint density at radius 2 is 2.00 bits per heavy atom. The van der Waals surface area contributed by atoms with Crippen molar-refractivity contribution in [3.63, 3.8) is 0 Å². The van der Waals surface area contributed by atoms with E-state index in [9.17, 15) is 9.59 Å². The van der Waals surface area contributed by atoms with E-state index in [2.05, 4.69) is 5.32 Å². The lowest BCUT2D eigenvalue weighted by Gasteiger charge is -2.20. The topological polar surface area (TPSA) is 62.6 Å². The predicted molar refractivity (Wildman–Crippen MR) is 77.7 cm³/mol. The number of carbonyl (C=O) groups excluding carboxylic acids is 2. The van der Waals surface area contributed by atoms with Crippen LogP contribution in [-0.4, -0.2) is 36.3 Å². The van der Waals surface area contributed by atoms with Gasteiger partial charge in [0.25, 0.3) is 5.91 Å². The molecule has 0 fully saturated rings. The van der Waals surface area contributed by atoms with E-state index in [1.165, 1.54) is 0 Å². The van der Waals surface area contributed by atoms with Crippen molar-refractivity contribution in [3.05, 3.63) is 23.2 Å². The van der Waals surface area contributed by atoms with Crippen LogP contribution in [0.1, 0.15) is 48.6 Å². The van der Waals surface area contributed by atoms with Crippen LogP contribution in [0, 0.1) is 13.8 Å². The monoisotopic (exact) mass is 280 g/mol. The first-order chi connectivity index (χ1) is 9.49. The summed E-state index contributed by atoms with van der Waals surface area (Å²) >= 11 is 0. The minimum atomic E-state index is -0.0786. The van der Waals surface area contributed by atoms with Gasteiger partial charge in [-0.1, -0.05) is 6.92 Å². The van der Waals surface area contributed by atoms with Crippen LogP contribution in [-0.2, 0) is 4.79 Å². The van der Waals surface area contributed by atoms with Gasteiger partial charge in [0.15, 0.2) is 0 Å². The molecule has 2 amide bonds. The smallest absolute Gasteiger partial charge is 0.257 e. The molecule has 1 N–H and O–H groups in total. The van der Waals surface area contributed by atoms with Crippen molar-refractivity contribution in [1.82, 2.24) is 10.2 Å². The van der Waals surface area contributed by atoms with Crippen LogP contribution in [0.3, 0.4) is 0 Å². The summed E-state index contributed by atoms with van der Waals surface area (Å²) in [6.45, 7) is 9.19. The number of nitrogens with zero attached hydrogens (tertiary/aromatic N) is 1. The Morgan fingerprint density at radius 1 is 1.30 bits per heavy atom. The maximum Gasteiger partial charge on any atom is 0.257 e. The summed E-state index contributed by atoms with van der Waals surface area (Å²) in [5.74, 6) is 1.26. The molecule has 5 heteroatoms. The van der Waals surface area contributed by atoms with Gasteiger partial charge in [-0.05, 0) is 33.3 Å². The standard InChI is InChI=1S/C15H24N2O3/c1-5-8-16-14(18)7-9-17(6-2)15(19)13-10-11(3)20-12(13)4/h10H,5-9H2,1-4H3,(H,16,18). The number of nitrogens with one attached hydrogen (secondary N) is 1. The van der Waals surface area contributed by atoms with Crippen LogP contribution >= 0.6 is 0 Å². The highest BCUT2D eigenvalue weighted by molar-refractivity contribution is 5.95. The largest absolute Gasteiger partial charge is 0.466 e. The second-order valence-corrected chi connectivity index (χ2v) is 4.81. The average molecular weight is 280 g/mol. The van der Waals surface area contributed by atoms with Crippen LogP contribution in [0.4, 0.5) is 0 Å². The van der Waals surface area contributed by atoms with Gasteiger partial charge in [-0.3, -0.25) is 9.59 Å². The van der Waals surface area contributed by atoms with Gasteiger partial charge >= 0.3 is 0 Å². The molecule has 0 saturated carbocycles. The van der Waals surface area contributed by atoms with Crippen molar-refractivity contribution in [3.8, 4) is 0 Å². The number of carbonyl (C=O) groups is 2. The van der Waals surface area contributed by atoms with Crippen molar-refractivity contribution in [2.24, 2.45) is 0 Å². The molecule has 5 nitrogen and oxygen atoms in total.